The number of hydrogen-bond donors (Lipinski definition) is 1. The Morgan fingerprint density at radius 1 is 1.00 bits per heavy atom. The highest BCUT2D eigenvalue weighted by atomic mass is 35.5. The molecule has 0 radical (unpaired) electrons. The summed E-state index contributed by atoms with van der Waals surface area (Å²) in [5, 5.41) is 15.5. The summed E-state index contributed by atoms with van der Waals surface area (Å²) in [5.74, 6) is 0.594. The van der Waals surface area contributed by atoms with Crippen molar-refractivity contribution in [3.05, 3.63) is 65.2 Å². The average molecular weight is 286 g/mol. The van der Waals surface area contributed by atoms with Gasteiger partial charge in [0.25, 0.3) is 0 Å². The molecular weight excluding hydrogens is 274 g/mol. The Kier molecular flexibility index (Phi) is 3.60. The maximum absolute atomic E-state index is 5.86. The number of anilines is 2. The number of tetrazole rings is 1. The van der Waals surface area contributed by atoms with E-state index in [1.54, 1.807) is 4.68 Å². The summed E-state index contributed by atoms with van der Waals surface area (Å²) in [5.41, 5.74) is 2.03. The van der Waals surface area contributed by atoms with Crippen LogP contribution in [0.15, 0.2) is 54.6 Å². The number of aromatic nitrogens is 4. The highest BCUT2D eigenvalue weighted by molar-refractivity contribution is 6.30. The third-order valence-electron chi connectivity index (χ3n) is 2.81. The van der Waals surface area contributed by atoms with Gasteiger partial charge in [-0.15, -0.1) is 0 Å². The number of rotatable bonds is 4. The lowest BCUT2D eigenvalue weighted by Crippen LogP contribution is -2.06. The van der Waals surface area contributed by atoms with E-state index in [9.17, 15) is 0 Å². The Morgan fingerprint density at radius 3 is 2.50 bits per heavy atom. The Hall–Kier alpha value is -2.40. The Balaban J connectivity index is 1.78. The summed E-state index contributed by atoms with van der Waals surface area (Å²) < 4.78 is 1.71. The van der Waals surface area contributed by atoms with Gasteiger partial charge in [0.1, 0.15) is 0 Å². The lowest BCUT2D eigenvalue weighted by Gasteiger charge is -2.07. The van der Waals surface area contributed by atoms with Crippen LogP contribution in [0.3, 0.4) is 0 Å². The van der Waals surface area contributed by atoms with E-state index in [4.69, 9.17) is 11.6 Å². The molecule has 0 aliphatic carbocycles. The quantitative estimate of drug-likeness (QED) is 0.800. The van der Waals surface area contributed by atoms with Crippen LogP contribution in [0.4, 0.5) is 11.6 Å². The molecule has 0 amide bonds. The highest BCUT2D eigenvalue weighted by Crippen LogP contribution is 2.17. The van der Waals surface area contributed by atoms with Gasteiger partial charge < -0.3 is 5.32 Å². The van der Waals surface area contributed by atoms with Crippen LogP contribution in [0.5, 0.6) is 0 Å². The Bertz CT molecular complexity index is 678. The fraction of sp³-hybridized carbons (Fsp3) is 0.0714. The molecule has 3 aromatic rings. The molecule has 0 aliphatic heterocycles. The minimum atomic E-state index is 0.594. The van der Waals surface area contributed by atoms with Gasteiger partial charge in [0.15, 0.2) is 0 Å². The van der Waals surface area contributed by atoms with E-state index in [2.05, 4.69) is 20.8 Å². The molecule has 2 aromatic carbocycles. The Morgan fingerprint density at radius 2 is 1.75 bits per heavy atom. The Labute approximate surface area is 121 Å². The number of benzene rings is 2. The van der Waals surface area contributed by atoms with E-state index < -0.39 is 0 Å². The van der Waals surface area contributed by atoms with Crippen molar-refractivity contribution in [3.8, 4) is 0 Å². The summed E-state index contributed by atoms with van der Waals surface area (Å²) in [4.78, 5) is 0. The van der Waals surface area contributed by atoms with Gasteiger partial charge in [-0.25, -0.2) is 4.68 Å². The van der Waals surface area contributed by atoms with Crippen LogP contribution in [-0.4, -0.2) is 20.2 Å². The van der Waals surface area contributed by atoms with Crippen LogP contribution < -0.4 is 5.32 Å². The molecular formula is C14H12ClN5. The molecule has 6 heteroatoms. The number of nitrogens with zero attached hydrogens (tertiary/aromatic N) is 4. The largest absolute Gasteiger partial charge is 0.323 e. The maximum atomic E-state index is 5.86. The standard InChI is InChI=1S/C14H12ClN5/c15-12-6-8-13(9-7-12)16-14-17-18-19-20(14)10-11-4-2-1-3-5-11/h1-9H,10H2,(H,16,17,19). The topological polar surface area (TPSA) is 55.6 Å². The molecule has 1 heterocycles. The third kappa shape index (κ3) is 2.95. The molecule has 20 heavy (non-hydrogen) atoms. The van der Waals surface area contributed by atoms with Gasteiger partial charge >= 0.3 is 0 Å². The van der Waals surface area contributed by atoms with Crippen LogP contribution >= 0.6 is 11.6 Å². The van der Waals surface area contributed by atoms with E-state index in [-0.39, 0.29) is 0 Å². The molecule has 0 spiro atoms. The molecule has 0 atom stereocenters. The lowest BCUT2D eigenvalue weighted by molar-refractivity contribution is 0.654. The summed E-state index contributed by atoms with van der Waals surface area (Å²) >= 11 is 5.86. The van der Waals surface area contributed by atoms with Gasteiger partial charge in [0, 0.05) is 10.7 Å². The number of halogens is 1. The summed E-state index contributed by atoms with van der Waals surface area (Å²) in [7, 11) is 0. The molecule has 0 saturated carbocycles. The van der Waals surface area contributed by atoms with Gasteiger partial charge in [-0.1, -0.05) is 47.0 Å². The summed E-state index contributed by atoms with van der Waals surface area (Å²) in [6.45, 7) is 0.615. The van der Waals surface area contributed by atoms with E-state index in [0.29, 0.717) is 17.5 Å². The lowest BCUT2D eigenvalue weighted by atomic mass is 10.2. The van der Waals surface area contributed by atoms with Crippen LogP contribution in [-0.2, 0) is 6.54 Å². The SMILES string of the molecule is Clc1ccc(Nc2nnnn2Cc2ccccc2)cc1. The summed E-state index contributed by atoms with van der Waals surface area (Å²) in [6.07, 6.45) is 0. The van der Waals surface area contributed by atoms with Crippen molar-refractivity contribution >= 4 is 23.2 Å². The van der Waals surface area contributed by atoms with Gasteiger partial charge in [-0.2, -0.15) is 0 Å². The maximum Gasteiger partial charge on any atom is 0.247 e. The average Bonchev–Trinajstić information content (AvgIpc) is 2.90. The molecule has 0 unspecified atom stereocenters. The summed E-state index contributed by atoms with van der Waals surface area (Å²) in [6, 6.07) is 17.4. The second-order valence-corrected chi connectivity index (χ2v) is 4.71. The second-order valence-electron chi connectivity index (χ2n) is 4.28. The number of nitrogens with one attached hydrogen (secondary N) is 1. The molecule has 3 rings (SSSR count). The van der Waals surface area contributed by atoms with E-state index in [0.717, 1.165) is 11.3 Å². The van der Waals surface area contributed by atoms with Crippen molar-refractivity contribution in [1.82, 2.24) is 20.2 Å². The molecule has 0 bridgehead atoms. The zero-order chi connectivity index (χ0) is 13.8. The van der Waals surface area contributed by atoms with Crippen molar-refractivity contribution in [3.63, 3.8) is 0 Å². The monoisotopic (exact) mass is 285 g/mol. The molecule has 1 aromatic heterocycles. The molecule has 0 fully saturated rings. The number of hydrogen-bond acceptors (Lipinski definition) is 4. The van der Waals surface area contributed by atoms with Crippen molar-refractivity contribution in [1.29, 1.82) is 0 Å². The predicted molar refractivity (Wildman–Crippen MR) is 78.1 cm³/mol. The van der Waals surface area contributed by atoms with Crippen molar-refractivity contribution in [2.24, 2.45) is 0 Å². The van der Waals surface area contributed by atoms with Crippen LogP contribution in [0, 0.1) is 0 Å². The zero-order valence-electron chi connectivity index (χ0n) is 10.6. The normalized spacial score (nSPS) is 10.4. The predicted octanol–water partition coefficient (Wildman–Crippen LogP) is 3.12. The van der Waals surface area contributed by atoms with E-state index in [1.165, 1.54) is 0 Å². The first kappa shape index (κ1) is 12.6. The van der Waals surface area contributed by atoms with Gasteiger partial charge in [-0.3, -0.25) is 0 Å². The van der Waals surface area contributed by atoms with Crippen LogP contribution in [0.1, 0.15) is 5.56 Å². The van der Waals surface area contributed by atoms with Crippen LogP contribution in [0.2, 0.25) is 5.02 Å². The van der Waals surface area contributed by atoms with E-state index >= 15 is 0 Å². The molecule has 100 valence electrons. The fourth-order valence-corrected chi connectivity index (χ4v) is 1.95. The van der Waals surface area contributed by atoms with Gasteiger partial charge in [0.05, 0.1) is 6.54 Å². The van der Waals surface area contributed by atoms with Gasteiger partial charge in [-0.05, 0) is 40.3 Å². The fourth-order valence-electron chi connectivity index (χ4n) is 1.82. The van der Waals surface area contributed by atoms with Gasteiger partial charge in [0.2, 0.25) is 5.95 Å². The zero-order valence-corrected chi connectivity index (χ0v) is 11.3. The first-order chi connectivity index (χ1) is 9.81. The van der Waals surface area contributed by atoms with Crippen molar-refractivity contribution in [2.75, 3.05) is 5.32 Å². The minimum Gasteiger partial charge on any atom is -0.323 e. The third-order valence-corrected chi connectivity index (χ3v) is 3.06. The smallest absolute Gasteiger partial charge is 0.247 e. The molecule has 0 aliphatic rings. The van der Waals surface area contributed by atoms with Crippen molar-refractivity contribution < 1.29 is 0 Å². The molecule has 0 saturated heterocycles. The van der Waals surface area contributed by atoms with Crippen LogP contribution in [0.25, 0.3) is 0 Å². The molecule has 1 N–H and O–H groups in total. The highest BCUT2D eigenvalue weighted by Gasteiger charge is 2.06. The first-order valence-corrected chi connectivity index (χ1v) is 6.52. The van der Waals surface area contributed by atoms with E-state index in [1.807, 2.05) is 54.6 Å². The minimum absolute atomic E-state index is 0.594. The molecule has 5 nitrogen and oxygen atoms in total. The second kappa shape index (κ2) is 5.71. The first-order valence-electron chi connectivity index (χ1n) is 6.14. The van der Waals surface area contributed by atoms with Crippen molar-refractivity contribution in [2.45, 2.75) is 6.54 Å².